The monoisotopic (exact) mass is 276 g/mol. The molecule has 1 fully saturated rings. The van der Waals surface area contributed by atoms with E-state index in [1.54, 1.807) is 23.1 Å². The van der Waals surface area contributed by atoms with Crippen LogP contribution in [0.4, 0.5) is 0 Å². The molecule has 1 aliphatic heterocycles. The van der Waals surface area contributed by atoms with Crippen LogP contribution in [0.2, 0.25) is 0 Å². The summed E-state index contributed by atoms with van der Waals surface area (Å²) in [6.45, 7) is 3.09. The molecule has 0 unspecified atom stereocenters. The summed E-state index contributed by atoms with van der Waals surface area (Å²) in [4.78, 5) is 25.0. The Kier molecular flexibility index (Phi) is 4.27. The number of nitrogens with two attached hydrogens (primary N) is 1. The van der Waals surface area contributed by atoms with Crippen molar-refractivity contribution in [3.05, 3.63) is 29.3 Å². The van der Waals surface area contributed by atoms with Crippen molar-refractivity contribution in [1.29, 1.82) is 0 Å². The standard InChI is InChI=1S/C15H20N2O3/c1-10-2-3-13(18)12(8-10)15(20)17-6-4-11(5-7-17)9-14(16)19/h2-3,8,11,18H,4-7,9H2,1H3,(H2,16,19). The number of phenols is 1. The third kappa shape index (κ3) is 3.29. The molecule has 20 heavy (non-hydrogen) atoms. The Labute approximate surface area is 118 Å². The lowest BCUT2D eigenvalue weighted by Crippen LogP contribution is -2.39. The van der Waals surface area contributed by atoms with Gasteiger partial charge in [-0.1, -0.05) is 11.6 Å². The van der Waals surface area contributed by atoms with Gasteiger partial charge in [-0.05, 0) is 37.8 Å². The van der Waals surface area contributed by atoms with Crippen LogP contribution in [0.1, 0.15) is 35.2 Å². The summed E-state index contributed by atoms with van der Waals surface area (Å²) in [5.74, 6) is -0.155. The molecule has 3 N–H and O–H groups in total. The molecule has 0 aromatic heterocycles. The zero-order valence-electron chi connectivity index (χ0n) is 11.6. The Morgan fingerprint density at radius 1 is 1.35 bits per heavy atom. The van der Waals surface area contributed by atoms with Gasteiger partial charge in [-0.2, -0.15) is 0 Å². The van der Waals surface area contributed by atoms with Crippen molar-refractivity contribution in [2.45, 2.75) is 26.2 Å². The van der Waals surface area contributed by atoms with Gasteiger partial charge in [0.2, 0.25) is 5.91 Å². The summed E-state index contributed by atoms with van der Waals surface area (Å²) in [5, 5.41) is 9.80. The summed E-state index contributed by atoms with van der Waals surface area (Å²) in [5.41, 5.74) is 6.48. The molecule has 108 valence electrons. The number of aryl methyl sites for hydroxylation is 1. The van der Waals surface area contributed by atoms with Crippen molar-refractivity contribution >= 4 is 11.8 Å². The van der Waals surface area contributed by atoms with Gasteiger partial charge < -0.3 is 15.7 Å². The topological polar surface area (TPSA) is 83.6 Å². The van der Waals surface area contributed by atoms with Gasteiger partial charge in [0, 0.05) is 19.5 Å². The molecular formula is C15H20N2O3. The van der Waals surface area contributed by atoms with E-state index >= 15 is 0 Å². The van der Waals surface area contributed by atoms with Crippen LogP contribution in [-0.2, 0) is 4.79 Å². The van der Waals surface area contributed by atoms with E-state index in [1.807, 2.05) is 6.92 Å². The van der Waals surface area contributed by atoms with Gasteiger partial charge in [-0.25, -0.2) is 0 Å². The first-order valence-corrected chi connectivity index (χ1v) is 6.84. The van der Waals surface area contributed by atoms with Crippen molar-refractivity contribution in [3.63, 3.8) is 0 Å². The Morgan fingerprint density at radius 2 is 2.00 bits per heavy atom. The van der Waals surface area contributed by atoms with Gasteiger partial charge in [0.1, 0.15) is 5.75 Å². The van der Waals surface area contributed by atoms with Crippen LogP contribution in [0.25, 0.3) is 0 Å². The van der Waals surface area contributed by atoms with E-state index < -0.39 is 0 Å². The highest BCUT2D eigenvalue weighted by Crippen LogP contribution is 2.25. The minimum absolute atomic E-state index is 0.0138. The number of rotatable bonds is 3. The molecule has 5 heteroatoms. The number of benzene rings is 1. The lowest BCUT2D eigenvalue weighted by molar-refractivity contribution is -0.119. The maximum absolute atomic E-state index is 12.4. The van der Waals surface area contributed by atoms with E-state index in [0.29, 0.717) is 25.1 Å². The number of hydrogen-bond donors (Lipinski definition) is 2. The predicted molar refractivity (Wildman–Crippen MR) is 75.3 cm³/mol. The number of nitrogens with zero attached hydrogens (tertiary/aromatic N) is 1. The fourth-order valence-electron chi connectivity index (χ4n) is 2.62. The minimum Gasteiger partial charge on any atom is -0.507 e. The Bertz CT molecular complexity index is 520. The first-order valence-electron chi connectivity index (χ1n) is 6.84. The van der Waals surface area contributed by atoms with Gasteiger partial charge in [0.05, 0.1) is 5.56 Å². The quantitative estimate of drug-likeness (QED) is 0.876. The van der Waals surface area contributed by atoms with Crippen LogP contribution in [0, 0.1) is 12.8 Å². The maximum Gasteiger partial charge on any atom is 0.257 e. The van der Waals surface area contributed by atoms with Gasteiger partial charge >= 0.3 is 0 Å². The van der Waals surface area contributed by atoms with Crippen molar-refractivity contribution in [2.75, 3.05) is 13.1 Å². The van der Waals surface area contributed by atoms with Crippen LogP contribution < -0.4 is 5.73 Å². The molecule has 1 aliphatic rings. The number of amides is 2. The zero-order chi connectivity index (χ0) is 14.7. The minimum atomic E-state index is -0.286. The highest BCUT2D eigenvalue weighted by atomic mass is 16.3. The molecule has 1 heterocycles. The lowest BCUT2D eigenvalue weighted by atomic mass is 9.93. The van der Waals surface area contributed by atoms with Gasteiger partial charge in [0.25, 0.3) is 5.91 Å². The first kappa shape index (κ1) is 14.4. The normalized spacial score (nSPS) is 16.1. The number of hydrogen-bond acceptors (Lipinski definition) is 3. The van der Waals surface area contributed by atoms with Crippen molar-refractivity contribution < 1.29 is 14.7 Å². The van der Waals surface area contributed by atoms with E-state index in [9.17, 15) is 14.7 Å². The molecule has 2 amide bonds. The largest absolute Gasteiger partial charge is 0.507 e. The summed E-state index contributed by atoms with van der Waals surface area (Å²) in [6.07, 6.45) is 1.94. The van der Waals surface area contributed by atoms with E-state index in [0.717, 1.165) is 18.4 Å². The Hall–Kier alpha value is -2.04. The van der Waals surface area contributed by atoms with Gasteiger partial charge in [-0.15, -0.1) is 0 Å². The Morgan fingerprint density at radius 3 is 2.60 bits per heavy atom. The fourth-order valence-corrected chi connectivity index (χ4v) is 2.62. The number of primary amides is 1. The van der Waals surface area contributed by atoms with Gasteiger partial charge in [0.15, 0.2) is 0 Å². The number of carbonyl (C=O) groups is 2. The van der Waals surface area contributed by atoms with Crippen molar-refractivity contribution in [3.8, 4) is 5.75 Å². The number of piperidine rings is 1. The van der Waals surface area contributed by atoms with E-state index in [1.165, 1.54) is 0 Å². The van der Waals surface area contributed by atoms with Crippen molar-refractivity contribution in [1.82, 2.24) is 4.90 Å². The number of likely N-dealkylation sites (tertiary alicyclic amines) is 1. The second-order valence-corrected chi connectivity index (χ2v) is 5.43. The van der Waals surface area contributed by atoms with Crippen LogP contribution in [0.3, 0.4) is 0 Å². The predicted octanol–water partition coefficient (Wildman–Crippen LogP) is 1.43. The number of aromatic hydroxyl groups is 1. The number of carbonyl (C=O) groups excluding carboxylic acids is 2. The molecule has 5 nitrogen and oxygen atoms in total. The smallest absolute Gasteiger partial charge is 0.257 e. The third-order valence-electron chi connectivity index (χ3n) is 3.77. The van der Waals surface area contributed by atoms with Crippen LogP contribution in [0.15, 0.2) is 18.2 Å². The molecule has 1 saturated heterocycles. The van der Waals surface area contributed by atoms with E-state index in [-0.39, 0.29) is 23.5 Å². The molecule has 0 bridgehead atoms. The Balaban J connectivity index is 2.01. The van der Waals surface area contributed by atoms with E-state index in [4.69, 9.17) is 5.73 Å². The molecule has 0 saturated carbocycles. The SMILES string of the molecule is Cc1ccc(O)c(C(=O)N2CCC(CC(N)=O)CC2)c1. The van der Waals surface area contributed by atoms with Crippen LogP contribution in [-0.4, -0.2) is 34.9 Å². The number of phenolic OH excluding ortho intramolecular Hbond substituents is 1. The highest BCUT2D eigenvalue weighted by molar-refractivity contribution is 5.97. The molecular weight excluding hydrogens is 256 g/mol. The summed E-state index contributed by atoms with van der Waals surface area (Å²) < 4.78 is 0. The summed E-state index contributed by atoms with van der Waals surface area (Å²) in [7, 11) is 0. The molecule has 0 atom stereocenters. The average Bonchev–Trinajstić information content (AvgIpc) is 2.41. The molecule has 2 rings (SSSR count). The maximum atomic E-state index is 12.4. The van der Waals surface area contributed by atoms with Crippen molar-refractivity contribution in [2.24, 2.45) is 11.7 Å². The van der Waals surface area contributed by atoms with E-state index in [2.05, 4.69) is 0 Å². The van der Waals surface area contributed by atoms with Crippen LogP contribution in [0.5, 0.6) is 5.75 Å². The first-order chi connectivity index (χ1) is 9.47. The van der Waals surface area contributed by atoms with Crippen LogP contribution >= 0.6 is 0 Å². The molecule has 1 aromatic rings. The van der Waals surface area contributed by atoms with Gasteiger partial charge in [-0.3, -0.25) is 9.59 Å². The third-order valence-corrected chi connectivity index (χ3v) is 3.77. The summed E-state index contributed by atoms with van der Waals surface area (Å²) >= 11 is 0. The average molecular weight is 276 g/mol. The lowest BCUT2D eigenvalue weighted by Gasteiger charge is -2.31. The molecule has 0 spiro atoms. The molecule has 0 aliphatic carbocycles. The highest BCUT2D eigenvalue weighted by Gasteiger charge is 2.25. The second kappa shape index (κ2) is 5.94. The molecule has 1 aromatic carbocycles. The molecule has 0 radical (unpaired) electrons. The zero-order valence-corrected chi connectivity index (χ0v) is 11.6. The second-order valence-electron chi connectivity index (χ2n) is 5.43. The fraction of sp³-hybridized carbons (Fsp3) is 0.467. The summed E-state index contributed by atoms with van der Waals surface area (Å²) in [6, 6.07) is 5.01.